The monoisotopic (exact) mass is 321 g/mol. The lowest BCUT2D eigenvalue weighted by molar-refractivity contribution is 0.00946. The van der Waals surface area contributed by atoms with Crippen molar-refractivity contribution in [1.82, 2.24) is 14.7 Å². The van der Waals surface area contributed by atoms with Gasteiger partial charge in [0, 0.05) is 32.3 Å². The second kappa shape index (κ2) is 6.72. The Morgan fingerprint density at radius 1 is 1.35 bits per heavy atom. The maximum absolute atomic E-state index is 12.6. The number of Topliss-reactive ketones (excluding diaryl/α,β-unsaturated/α-hetero) is 1. The molecule has 0 radical (unpaired) electrons. The minimum atomic E-state index is -0.525. The fourth-order valence-corrected chi connectivity index (χ4v) is 2.97. The zero-order chi connectivity index (χ0) is 17.2. The summed E-state index contributed by atoms with van der Waals surface area (Å²) in [5, 5.41) is 4.22. The SMILES string of the molecule is Cc1nn(C)cc1C(=O)CC1CCCCN1C(=O)OC(C)(C)C. The van der Waals surface area contributed by atoms with Crippen molar-refractivity contribution >= 4 is 11.9 Å². The summed E-state index contributed by atoms with van der Waals surface area (Å²) in [7, 11) is 1.80. The van der Waals surface area contributed by atoms with E-state index in [0.717, 1.165) is 25.0 Å². The number of hydrogen-bond donors (Lipinski definition) is 0. The number of carbonyl (C=O) groups excluding carboxylic acids is 2. The van der Waals surface area contributed by atoms with Gasteiger partial charge in [0.15, 0.2) is 5.78 Å². The van der Waals surface area contributed by atoms with Crippen LogP contribution in [0.4, 0.5) is 4.79 Å². The molecule has 1 aromatic rings. The van der Waals surface area contributed by atoms with Crippen LogP contribution < -0.4 is 0 Å². The van der Waals surface area contributed by atoms with Crippen LogP contribution in [0.1, 0.15) is 62.5 Å². The van der Waals surface area contributed by atoms with Crippen LogP contribution in [-0.2, 0) is 11.8 Å². The topological polar surface area (TPSA) is 64.4 Å². The highest BCUT2D eigenvalue weighted by atomic mass is 16.6. The van der Waals surface area contributed by atoms with E-state index in [0.29, 0.717) is 18.5 Å². The van der Waals surface area contributed by atoms with Crippen LogP contribution in [0.25, 0.3) is 0 Å². The summed E-state index contributed by atoms with van der Waals surface area (Å²) in [4.78, 5) is 26.7. The Kier molecular flexibility index (Phi) is 5.12. The van der Waals surface area contributed by atoms with E-state index in [1.54, 1.807) is 22.8 Å². The van der Waals surface area contributed by atoms with Gasteiger partial charge in [-0.05, 0) is 47.0 Å². The molecule has 1 aliphatic rings. The molecule has 128 valence electrons. The molecule has 1 unspecified atom stereocenters. The molecular weight excluding hydrogens is 294 g/mol. The maximum Gasteiger partial charge on any atom is 0.410 e. The van der Waals surface area contributed by atoms with Gasteiger partial charge in [-0.2, -0.15) is 5.10 Å². The highest BCUT2D eigenvalue weighted by Gasteiger charge is 2.32. The van der Waals surface area contributed by atoms with Gasteiger partial charge in [0.2, 0.25) is 0 Å². The van der Waals surface area contributed by atoms with Crippen LogP contribution in [0, 0.1) is 6.92 Å². The lowest BCUT2D eigenvalue weighted by Gasteiger charge is -2.36. The highest BCUT2D eigenvalue weighted by Crippen LogP contribution is 2.24. The summed E-state index contributed by atoms with van der Waals surface area (Å²) in [5.74, 6) is 0.0380. The summed E-state index contributed by atoms with van der Waals surface area (Å²) in [6.45, 7) is 8.05. The predicted molar refractivity (Wildman–Crippen MR) is 87.5 cm³/mol. The molecule has 1 atom stereocenters. The predicted octanol–water partition coefficient (Wildman–Crippen LogP) is 3.09. The minimum absolute atomic E-state index is 0.0380. The lowest BCUT2D eigenvalue weighted by Crippen LogP contribution is -2.47. The molecule has 2 rings (SSSR count). The van der Waals surface area contributed by atoms with E-state index in [9.17, 15) is 9.59 Å². The van der Waals surface area contributed by atoms with Gasteiger partial charge in [0.25, 0.3) is 0 Å². The maximum atomic E-state index is 12.6. The number of amides is 1. The van der Waals surface area contributed by atoms with E-state index in [1.807, 2.05) is 27.7 Å². The first-order chi connectivity index (χ1) is 10.7. The van der Waals surface area contributed by atoms with Crippen LogP contribution in [-0.4, -0.2) is 44.7 Å². The van der Waals surface area contributed by atoms with Gasteiger partial charge in [0.05, 0.1) is 11.3 Å². The standard InChI is InChI=1S/C17H27N3O3/c1-12-14(11-19(5)18-12)15(21)10-13-8-6-7-9-20(13)16(22)23-17(2,3)4/h11,13H,6-10H2,1-5H3. The molecule has 6 nitrogen and oxygen atoms in total. The molecule has 1 aromatic heterocycles. The third kappa shape index (κ3) is 4.56. The summed E-state index contributed by atoms with van der Waals surface area (Å²) in [6.07, 6.45) is 4.57. The normalized spacial score (nSPS) is 18.8. The van der Waals surface area contributed by atoms with Crippen LogP contribution in [0.2, 0.25) is 0 Å². The van der Waals surface area contributed by atoms with Crippen molar-refractivity contribution in [3.63, 3.8) is 0 Å². The van der Waals surface area contributed by atoms with Crippen LogP contribution >= 0.6 is 0 Å². The lowest BCUT2D eigenvalue weighted by atomic mass is 9.95. The van der Waals surface area contributed by atoms with Crippen LogP contribution in [0.15, 0.2) is 6.20 Å². The van der Waals surface area contributed by atoms with Crippen LogP contribution in [0.5, 0.6) is 0 Å². The Balaban J connectivity index is 2.08. The molecule has 0 aliphatic carbocycles. The quantitative estimate of drug-likeness (QED) is 0.803. The van der Waals surface area contributed by atoms with E-state index in [-0.39, 0.29) is 17.9 Å². The number of hydrogen-bond acceptors (Lipinski definition) is 4. The number of likely N-dealkylation sites (tertiary alicyclic amines) is 1. The van der Waals surface area contributed by atoms with Crippen LogP contribution in [0.3, 0.4) is 0 Å². The number of nitrogens with zero attached hydrogens (tertiary/aromatic N) is 3. The number of ketones is 1. The van der Waals surface area contributed by atoms with E-state index in [1.165, 1.54) is 0 Å². The van der Waals surface area contributed by atoms with Gasteiger partial charge in [-0.15, -0.1) is 0 Å². The average Bonchev–Trinajstić information content (AvgIpc) is 2.76. The molecule has 23 heavy (non-hydrogen) atoms. The molecule has 1 aliphatic heterocycles. The second-order valence-corrected chi connectivity index (χ2v) is 7.25. The first-order valence-corrected chi connectivity index (χ1v) is 8.20. The molecule has 2 heterocycles. The number of aryl methyl sites for hydroxylation is 2. The number of piperidine rings is 1. The molecule has 1 amide bonds. The summed E-state index contributed by atoms with van der Waals surface area (Å²) >= 11 is 0. The number of aromatic nitrogens is 2. The Bertz CT molecular complexity index is 586. The number of carbonyl (C=O) groups is 2. The summed E-state index contributed by atoms with van der Waals surface area (Å²) in [6, 6.07) is -0.0919. The number of ether oxygens (including phenoxy) is 1. The average molecular weight is 321 g/mol. The molecule has 0 saturated carbocycles. The molecular formula is C17H27N3O3. The molecule has 1 fully saturated rings. The third-order valence-corrected chi connectivity index (χ3v) is 3.99. The molecule has 0 aromatic carbocycles. The summed E-state index contributed by atoms with van der Waals surface area (Å²) < 4.78 is 7.13. The Labute approximate surface area is 137 Å². The molecule has 6 heteroatoms. The van der Waals surface area contributed by atoms with E-state index < -0.39 is 5.60 Å². The molecule has 0 spiro atoms. The van der Waals surface area contributed by atoms with E-state index in [4.69, 9.17) is 4.74 Å². The van der Waals surface area contributed by atoms with Crippen molar-refractivity contribution in [2.45, 2.75) is 65.0 Å². The van der Waals surface area contributed by atoms with Gasteiger partial charge < -0.3 is 9.64 Å². The van der Waals surface area contributed by atoms with Crippen molar-refractivity contribution in [2.24, 2.45) is 7.05 Å². The van der Waals surface area contributed by atoms with Crippen molar-refractivity contribution < 1.29 is 14.3 Å². The van der Waals surface area contributed by atoms with Gasteiger partial charge in [-0.25, -0.2) is 4.79 Å². The number of rotatable bonds is 3. The van der Waals surface area contributed by atoms with Gasteiger partial charge in [0.1, 0.15) is 5.60 Å². The second-order valence-electron chi connectivity index (χ2n) is 7.25. The van der Waals surface area contributed by atoms with Gasteiger partial charge >= 0.3 is 6.09 Å². The fraction of sp³-hybridized carbons (Fsp3) is 0.706. The smallest absolute Gasteiger partial charge is 0.410 e. The van der Waals surface area contributed by atoms with Gasteiger partial charge in [-0.1, -0.05) is 0 Å². The van der Waals surface area contributed by atoms with E-state index in [2.05, 4.69) is 5.10 Å². The molecule has 0 N–H and O–H groups in total. The summed E-state index contributed by atoms with van der Waals surface area (Å²) in [5.41, 5.74) is 0.850. The third-order valence-electron chi connectivity index (χ3n) is 3.99. The largest absolute Gasteiger partial charge is 0.444 e. The fourth-order valence-electron chi connectivity index (χ4n) is 2.97. The van der Waals surface area contributed by atoms with Crippen molar-refractivity contribution in [2.75, 3.05) is 6.54 Å². The Morgan fingerprint density at radius 2 is 2.04 bits per heavy atom. The van der Waals surface area contributed by atoms with Crippen molar-refractivity contribution in [1.29, 1.82) is 0 Å². The first kappa shape index (κ1) is 17.5. The molecule has 1 saturated heterocycles. The minimum Gasteiger partial charge on any atom is -0.444 e. The van der Waals surface area contributed by atoms with Gasteiger partial charge in [-0.3, -0.25) is 9.48 Å². The first-order valence-electron chi connectivity index (χ1n) is 8.20. The highest BCUT2D eigenvalue weighted by molar-refractivity contribution is 5.97. The zero-order valence-electron chi connectivity index (χ0n) is 14.8. The zero-order valence-corrected chi connectivity index (χ0v) is 14.8. The van der Waals surface area contributed by atoms with E-state index >= 15 is 0 Å². The Hall–Kier alpha value is -1.85. The van der Waals surface area contributed by atoms with Crippen molar-refractivity contribution in [3.8, 4) is 0 Å². The Morgan fingerprint density at radius 3 is 2.61 bits per heavy atom. The molecule has 0 bridgehead atoms. The van der Waals surface area contributed by atoms with Crippen molar-refractivity contribution in [3.05, 3.63) is 17.5 Å².